The van der Waals surface area contributed by atoms with Gasteiger partial charge in [0.05, 0.1) is 0 Å². The van der Waals surface area contributed by atoms with Gasteiger partial charge >= 0.3 is 0 Å². The molecule has 1 aliphatic carbocycles. The molecular weight excluding hydrogens is 328 g/mol. The first kappa shape index (κ1) is 18.6. The molecule has 0 aromatic heterocycles. The van der Waals surface area contributed by atoms with Crippen LogP contribution in [0, 0.1) is 30.1 Å². The maximum absolute atomic E-state index is 13.2. The number of anilines is 1. The molecule has 2 fully saturated rings. The van der Waals surface area contributed by atoms with Crippen LogP contribution in [0.5, 0.6) is 0 Å². The second-order valence-electron chi connectivity index (χ2n) is 9.15. The molecule has 1 aromatic rings. The molecule has 1 saturated carbocycles. The average Bonchev–Trinajstić information content (AvgIpc) is 2.53. The van der Waals surface area contributed by atoms with E-state index in [4.69, 9.17) is 0 Å². The number of rotatable bonds is 2. The highest BCUT2D eigenvalue weighted by Crippen LogP contribution is 2.58. The molecule has 3 amide bonds. The number of amides is 3. The number of imide groups is 1. The van der Waals surface area contributed by atoms with Crippen molar-refractivity contribution in [3.8, 4) is 0 Å². The largest absolute Gasteiger partial charge is 0.325 e. The van der Waals surface area contributed by atoms with Gasteiger partial charge in [0.15, 0.2) is 0 Å². The Balaban J connectivity index is 1.93. The Morgan fingerprint density at radius 2 is 1.54 bits per heavy atom. The van der Waals surface area contributed by atoms with Gasteiger partial charge in [-0.1, -0.05) is 38.5 Å². The predicted molar refractivity (Wildman–Crippen MR) is 100 cm³/mol. The van der Waals surface area contributed by atoms with Gasteiger partial charge in [-0.25, -0.2) is 0 Å². The summed E-state index contributed by atoms with van der Waals surface area (Å²) in [4.78, 5) is 39.9. The van der Waals surface area contributed by atoms with Gasteiger partial charge in [0.25, 0.3) is 0 Å². The van der Waals surface area contributed by atoms with Crippen molar-refractivity contribution in [1.82, 2.24) is 4.90 Å². The number of piperidine rings is 1. The minimum absolute atomic E-state index is 0.119. The number of carbonyl (C=O) groups excluding carboxylic acids is 3. The zero-order valence-electron chi connectivity index (χ0n) is 16.5. The van der Waals surface area contributed by atoms with Gasteiger partial charge in [0.2, 0.25) is 17.7 Å². The molecule has 2 aliphatic rings. The molecule has 5 nitrogen and oxygen atoms in total. The molecule has 1 aromatic carbocycles. The van der Waals surface area contributed by atoms with Crippen molar-refractivity contribution in [2.24, 2.45) is 16.2 Å². The topological polar surface area (TPSA) is 66.5 Å². The Morgan fingerprint density at radius 1 is 1.00 bits per heavy atom. The Labute approximate surface area is 155 Å². The number of carbonyl (C=O) groups is 3. The number of aryl methyl sites for hydroxylation is 2. The smallest absolute Gasteiger partial charge is 0.234 e. The number of nitrogens with zero attached hydrogens (tertiary/aromatic N) is 1. The third-order valence-electron chi connectivity index (χ3n) is 6.16. The molecule has 1 saturated heterocycles. The number of likely N-dealkylation sites (tertiary alicyclic amines) is 1. The fraction of sp³-hybridized carbons (Fsp3) is 0.571. The zero-order chi connectivity index (χ0) is 19.5. The number of benzene rings is 1. The maximum Gasteiger partial charge on any atom is 0.234 e. The molecule has 0 radical (unpaired) electrons. The van der Waals surface area contributed by atoms with Crippen LogP contribution < -0.4 is 5.32 Å². The first-order chi connectivity index (χ1) is 11.9. The maximum atomic E-state index is 13.2. The molecule has 26 heavy (non-hydrogen) atoms. The van der Waals surface area contributed by atoms with Crippen molar-refractivity contribution in [3.05, 3.63) is 29.3 Å². The summed E-state index contributed by atoms with van der Waals surface area (Å²) in [6, 6.07) is 5.90. The quantitative estimate of drug-likeness (QED) is 0.826. The van der Waals surface area contributed by atoms with E-state index in [9.17, 15) is 14.4 Å². The van der Waals surface area contributed by atoms with Gasteiger partial charge < -0.3 is 5.32 Å². The lowest BCUT2D eigenvalue weighted by Crippen LogP contribution is -2.63. The SMILES string of the molecule is Cc1ccc(NC(=O)C2(C)CC3(C)CC(C)(C2)C(=O)N(C)C3=O)c(C)c1. The van der Waals surface area contributed by atoms with E-state index in [1.165, 1.54) is 4.90 Å². The minimum atomic E-state index is -0.772. The van der Waals surface area contributed by atoms with E-state index in [0.717, 1.165) is 16.8 Å². The second kappa shape index (κ2) is 5.66. The molecule has 2 bridgehead atoms. The number of nitrogens with one attached hydrogen (secondary N) is 1. The molecular formula is C21H28N2O3. The van der Waals surface area contributed by atoms with E-state index in [2.05, 4.69) is 5.32 Å². The Morgan fingerprint density at radius 3 is 2.04 bits per heavy atom. The van der Waals surface area contributed by atoms with Gasteiger partial charge in [-0.2, -0.15) is 0 Å². The van der Waals surface area contributed by atoms with Crippen molar-refractivity contribution >= 4 is 23.4 Å². The van der Waals surface area contributed by atoms with E-state index in [-0.39, 0.29) is 17.7 Å². The molecule has 1 aliphatic heterocycles. The first-order valence-electron chi connectivity index (χ1n) is 9.12. The van der Waals surface area contributed by atoms with Crippen molar-refractivity contribution < 1.29 is 14.4 Å². The molecule has 0 spiro atoms. The normalized spacial score (nSPS) is 34.0. The highest BCUT2D eigenvalue weighted by atomic mass is 16.2. The van der Waals surface area contributed by atoms with E-state index in [1.807, 2.05) is 52.8 Å². The van der Waals surface area contributed by atoms with Crippen molar-refractivity contribution in [1.29, 1.82) is 0 Å². The summed E-state index contributed by atoms with van der Waals surface area (Å²) in [5.74, 6) is -0.470. The zero-order valence-corrected chi connectivity index (χ0v) is 16.5. The van der Waals surface area contributed by atoms with Crippen LogP contribution >= 0.6 is 0 Å². The molecule has 140 valence electrons. The van der Waals surface area contributed by atoms with Crippen LogP contribution in [0.25, 0.3) is 0 Å². The Bertz CT molecular complexity index is 785. The monoisotopic (exact) mass is 356 g/mol. The van der Waals surface area contributed by atoms with Crippen LogP contribution in [-0.2, 0) is 14.4 Å². The summed E-state index contributed by atoms with van der Waals surface area (Å²) in [6.07, 6.45) is 1.40. The van der Waals surface area contributed by atoms with Crippen LogP contribution in [0.4, 0.5) is 5.69 Å². The van der Waals surface area contributed by atoms with Gasteiger partial charge in [-0.3, -0.25) is 19.3 Å². The lowest BCUT2D eigenvalue weighted by atomic mass is 9.51. The fourth-order valence-corrected chi connectivity index (χ4v) is 5.36. The van der Waals surface area contributed by atoms with Crippen LogP contribution in [0.15, 0.2) is 18.2 Å². The molecule has 5 heteroatoms. The Kier molecular flexibility index (Phi) is 4.05. The van der Waals surface area contributed by atoms with Gasteiger partial charge in [-0.05, 0) is 44.7 Å². The van der Waals surface area contributed by atoms with Gasteiger partial charge in [-0.15, -0.1) is 0 Å². The van der Waals surface area contributed by atoms with Crippen molar-refractivity contribution in [2.75, 3.05) is 12.4 Å². The van der Waals surface area contributed by atoms with Crippen LogP contribution in [0.2, 0.25) is 0 Å². The summed E-state index contributed by atoms with van der Waals surface area (Å²) >= 11 is 0. The third kappa shape index (κ3) is 2.74. The van der Waals surface area contributed by atoms with E-state index in [0.29, 0.717) is 19.3 Å². The molecule has 1 heterocycles. The van der Waals surface area contributed by atoms with E-state index >= 15 is 0 Å². The molecule has 1 N–H and O–H groups in total. The summed E-state index contributed by atoms with van der Waals surface area (Å²) in [5.41, 5.74) is 0.767. The molecule has 2 atom stereocenters. The average molecular weight is 356 g/mol. The number of fused-ring (bicyclic) bond motifs is 2. The predicted octanol–water partition coefficient (Wildman–Crippen LogP) is 3.44. The van der Waals surface area contributed by atoms with Crippen LogP contribution in [0.3, 0.4) is 0 Å². The van der Waals surface area contributed by atoms with Gasteiger partial charge in [0.1, 0.15) is 0 Å². The standard InChI is InChI=1S/C21H28N2O3/c1-13-7-8-15(14(2)9-13)22-16(24)19(3)10-20(4)12-21(5,11-19)18(26)23(6)17(20)25/h7-9H,10-12H2,1-6H3,(H,22,24). The van der Waals surface area contributed by atoms with Gasteiger partial charge in [0, 0.05) is 29.0 Å². The molecule has 2 unspecified atom stereocenters. The summed E-state index contributed by atoms with van der Waals surface area (Å²) in [5, 5.41) is 3.04. The first-order valence-corrected chi connectivity index (χ1v) is 9.12. The van der Waals surface area contributed by atoms with E-state index in [1.54, 1.807) is 7.05 Å². The Hall–Kier alpha value is -2.17. The second-order valence-corrected chi connectivity index (χ2v) is 9.15. The fourth-order valence-electron chi connectivity index (χ4n) is 5.36. The van der Waals surface area contributed by atoms with Crippen molar-refractivity contribution in [3.63, 3.8) is 0 Å². The van der Waals surface area contributed by atoms with Crippen molar-refractivity contribution in [2.45, 2.75) is 53.9 Å². The van der Waals surface area contributed by atoms with Crippen LogP contribution in [-0.4, -0.2) is 29.7 Å². The number of hydrogen-bond acceptors (Lipinski definition) is 3. The molecule has 3 rings (SSSR count). The van der Waals surface area contributed by atoms with Crippen LogP contribution in [0.1, 0.15) is 51.2 Å². The summed E-state index contributed by atoms with van der Waals surface area (Å²) in [6.45, 7) is 9.63. The lowest BCUT2D eigenvalue weighted by molar-refractivity contribution is -0.177. The highest BCUT2D eigenvalue weighted by molar-refractivity contribution is 6.05. The lowest BCUT2D eigenvalue weighted by Gasteiger charge is -2.55. The van der Waals surface area contributed by atoms with E-state index < -0.39 is 16.2 Å². The third-order valence-corrected chi connectivity index (χ3v) is 6.16. The minimum Gasteiger partial charge on any atom is -0.325 e. The summed E-state index contributed by atoms with van der Waals surface area (Å²) < 4.78 is 0. The number of hydrogen-bond donors (Lipinski definition) is 1. The highest BCUT2D eigenvalue weighted by Gasteiger charge is 2.62. The summed E-state index contributed by atoms with van der Waals surface area (Å²) in [7, 11) is 1.55.